The molecule has 1 rings (SSSR count). The standard InChI is InChI=1S/C22H40N4O5/c1-8-13(3)16(25-21(30)31-22(5,6)7)19(28)24-17(14(4)9-2)20(29)26-12-10-11-15(26)18(23)27/h13-17H,8-12H2,1-7H3,(H2,23,27)(H,24,28)(H,25,30)/t13-,14+,15-,16-,17-/m0/s1. The van der Waals surface area contributed by atoms with Gasteiger partial charge in [-0.2, -0.15) is 0 Å². The maximum Gasteiger partial charge on any atom is 0.408 e. The van der Waals surface area contributed by atoms with Crippen molar-refractivity contribution in [3.8, 4) is 0 Å². The number of ether oxygens (including phenoxy) is 1. The Morgan fingerprint density at radius 3 is 2.06 bits per heavy atom. The zero-order valence-corrected chi connectivity index (χ0v) is 20.0. The van der Waals surface area contributed by atoms with Crippen molar-refractivity contribution >= 4 is 23.8 Å². The van der Waals surface area contributed by atoms with Gasteiger partial charge in [0.2, 0.25) is 17.7 Å². The van der Waals surface area contributed by atoms with E-state index in [0.29, 0.717) is 32.2 Å². The summed E-state index contributed by atoms with van der Waals surface area (Å²) in [5.41, 5.74) is 4.77. The molecule has 1 aliphatic rings. The van der Waals surface area contributed by atoms with E-state index in [-0.39, 0.29) is 17.7 Å². The molecule has 9 heteroatoms. The minimum Gasteiger partial charge on any atom is -0.444 e. The lowest BCUT2D eigenvalue weighted by Gasteiger charge is -2.33. The molecule has 1 heterocycles. The van der Waals surface area contributed by atoms with Crippen LogP contribution in [0.3, 0.4) is 0 Å². The molecule has 178 valence electrons. The lowest BCUT2D eigenvalue weighted by atomic mass is 9.94. The van der Waals surface area contributed by atoms with E-state index in [0.717, 1.165) is 0 Å². The van der Waals surface area contributed by atoms with Crippen molar-refractivity contribution in [3.05, 3.63) is 0 Å². The molecule has 0 radical (unpaired) electrons. The molecule has 4 amide bonds. The van der Waals surface area contributed by atoms with Gasteiger partial charge in [-0.15, -0.1) is 0 Å². The Bertz CT molecular complexity index is 661. The summed E-state index contributed by atoms with van der Waals surface area (Å²) >= 11 is 0. The van der Waals surface area contributed by atoms with Gasteiger partial charge in [0, 0.05) is 6.54 Å². The Balaban J connectivity index is 3.04. The number of nitrogens with two attached hydrogens (primary N) is 1. The van der Waals surface area contributed by atoms with Crippen LogP contribution in [0.25, 0.3) is 0 Å². The van der Waals surface area contributed by atoms with Crippen LogP contribution in [0, 0.1) is 11.8 Å². The van der Waals surface area contributed by atoms with E-state index in [1.54, 1.807) is 20.8 Å². The van der Waals surface area contributed by atoms with Crippen LogP contribution in [0.4, 0.5) is 4.79 Å². The van der Waals surface area contributed by atoms with Gasteiger partial charge in [0.15, 0.2) is 0 Å². The first-order valence-corrected chi connectivity index (χ1v) is 11.2. The maximum atomic E-state index is 13.3. The number of amides is 4. The summed E-state index contributed by atoms with van der Waals surface area (Å²) in [4.78, 5) is 51.9. The average Bonchev–Trinajstić information content (AvgIpc) is 3.17. The zero-order valence-electron chi connectivity index (χ0n) is 20.0. The predicted molar refractivity (Wildman–Crippen MR) is 118 cm³/mol. The van der Waals surface area contributed by atoms with Crippen LogP contribution in [-0.4, -0.2) is 59.0 Å². The molecule has 1 aliphatic heterocycles. The summed E-state index contributed by atoms with van der Waals surface area (Å²) in [7, 11) is 0. The molecule has 0 aromatic carbocycles. The number of rotatable bonds is 9. The number of carbonyl (C=O) groups excluding carboxylic acids is 4. The number of carbonyl (C=O) groups is 4. The summed E-state index contributed by atoms with van der Waals surface area (Å²) in [5, 5.41) is 5.48. The highest BCUT2D eigenvalue weighted by molar-refractivity contribution is 5.94. The number of primary amides is 1. The van der Waals surface area contributed by atoms with E-state index >= 15 is 0 Å². The van der Waals surface area contributed by atoms with Crippen LogP contribution in [-0.2, 0) is 19.1 Å². The first kappa shape index (κ1) is 26.7. The molecule has 0 aromatic rings. The minimum atomic E-state index is -0.857. The second-order valence-electron chi connectivity index (χ2n) is 9.47. The van der Waals surface area contributed by atoms with Gasteiger partial charge in [0.05, 0.1) is 0 Å². The van der Waals surface area contributed by atoms with Crippen LogP contribution in [0.1, 0.15) is 74.1 Å². The van der Waals surface area contributed by atoms with Crippen molar-refractivity contribution in [1.82, 2.24) is 15.5 Å². The lowest BCUT2D eigenvalue weighted by molar-refractivity contribution is -0.142. The predicted octanol–water partition coefficient (Wildman–Crippen LogP) is 1.93. The van der Waals surface area contributed by atoms with Crippen LogP contribution >= 0.6 is 0 Å². The highest BCUT2D eigenvalue weighted by Crippen LogP contribution is 2.21. The van der Waals surface area contributed by atoms with E-state index in [4.69, 9.17) is 10.5 Å². The van der Waals surface area contributed by atoms with Gasteiger partial charge in [-0.25, -0.2) is 4.79 Å². The van der Waals surface area contributed by atoms with Gasteiger partial charge in [-0.05, 0) is 45.4 Å². The number of likely N-dealkylation sites (tertiary alicyclic amines) is 1. The molecule has 9 nitrogen and oxygen atoms in total. The van der Waals surface area contributed by atoms with Gasteiger partial charge in [-0.1, -0.05) is 40.5 Å². The van der Waals surface area contributed by atoms with E-state index < -0.39 is 41.6 Å². The molecule has 0 spiro atoms. The zero-order chi connectivity index (χ0) is 23.9. The summed E-state index contributed by atoms with van der Waals surface area (Å²) in [5.74, 6) is -1.64. The largest absolute Gasteiger partial charge is 0.444 e. The number of alkyl carbamates (subject to hydrolysis) is 1. The topological polar surface area (TPSA) is 131 Å². The first-order chi connectivity index (χ1) is 14.3. The summed E-state index contributed by atoms with van der Waals surface area (Å²) in [6.07, 6.45) is 1.83. The van der Waals surface area contributed by atoms with Crippen molar-refractivity contribution in [2.75, 3.05) is 6.54 Å². The van der Waals surface area contributed by atoms with Crippen LogP contribution in [0.15, 0.2) is 0 Å². The van der Waals surface area contributed by atoms with Crippen LogP contribution in [0.2, 0.25) is 0 Å². The second-order valence-corrected chi connectivity index (χ2v) is 9.47. The van der Waals surface area contributed by atoms with Gasteiger partial charge in [0.25, 0.3) is 0 Å². The molecular weight excluding hydrogens is 400 g/mol. The molecular formula is C22H40N4O5. The highest BCUT2D eigenvalue weighted by Gasteiger charge is 2.39. The highest BCUT2D eigenvalue weighted by atomic mass is 16.6. The summed E-state index contributed by atoms with van der Waals surface area (Å²) in [6, 6.07) is -2.32. The molecule has 5 atom stereocenters. The average molecular weight is 441 g/mol. The number of nitrogens with zero attached hydrogens (tertiary/aromatic N) is 1. The third kappa shape index (κ3) is 7.70. The summed E-state index contributed by atoms with van der Waals surface area (Å²) < 4.78 is 5.30. The van der Waals surface area contributed by atoms with Crippen molar-refractivity contribution in [2.45, 2.75) is 97.9 Å². The van der Waals surface area contributed by atoms with E-state index in [2.05, 4.69) is 10.6 Å². The Hall–Kier alpha value is -2.32. The Morgan fingerprint density at radius 2 is 1.58 bits per heavy atom. The number of nitrogens with one attached hydrogen (secondary N) is 2. The molecule has 0 unspecified atom stereocenters. The molecule has 0 saturated carbocycles. The smallest absolute Gasteiger partial charge is 0.408 e. The minimum absolute atomic E-state index is 0.162. The third-order valence-electron chi connectivity index (χ3n) is 5.81. The third-order valence-corrected chi connectivity index (χ3v) is 5.81. The van der Waals surface area contributed by atoms with Crippen molar-refractivity contribution in [1.29, 1.82) is 0 Å². The fourth-order valence-corrected chi connectivity index (χ4v) is 3.57. The number of hydrogen-bond donors (Lipinski definition) is 3. The van der Waals surface area contributed by atoms with E-state index in [1.165, 1.54) is 4.90 Å². The SMILES string of the molecule is CC[C@@H](C)[C@H](NC(=O)[C@@H](NC(=O)OC(C)(C)C)[C@@H](C)CC)C(=O)N1CCC[C@H]1C(N)=O. The maximum absolute atomic E-state index is 13.3. The lowest BCUT2D eigenvalue weighted by Crippen LogP contribution is -2.59. The Kier molecular flexibility index (Phi) is 9.77. The van der Waals surface area contributed by atoms with Crippen molar-refractivity contribution in [3.63, 3.8) is 0 Å². The first-order valence-electron chi connectivity index (χ1n) is 11.2. The van der Waals surface area contributed by atoms with Gasteiger partial charge < -0.3 is 26.0 Å². The molecule has 31 heavy (non-hydrogen) atoms. The van der Waals surface area contributed by atoms with E-state index in [9.17, 15) is 19.2 Å². The Morgan fingerprint density at radius 1 is 1.03 bits per heavy atom. The Labute approximate surface area is 185 Å². The fraction of sp³-hybridized carbons (Fsp3) is 0.818. The molecule has 4 N–H and O–H groups in total. The molecule has 0 bridgehead atoms. The van der Waals surface area contributed by atoms with Gasteiger partial charge >= 0.3 is 6.09 Å². The van der Waals surface area contributed by atoms with Gasteiger partial charge in [-0.3, -0.25) is 14.4 Å². The van der Waals surface area contributed by atoms with Gasteiger partial charge in [0.1, 0.15) is 23.7 Å². The summed E-state index contributed by atoms with van der Waals surface area (Å²) in [6.45, 7) is 13.2. The van der Waals surface area contributed by atoms with Crippen LogP contribution in [0.5, 0.6) is 0 Å². The fourth-order valence-electron chi connectivity index (χ4n) is 3.57. The number of hydrogen-bond acceptors (Lipinski definition) is 5. The van der Waals surface area contributed by atoms with E-state index in [1.807, 2.05) is 27.7 Å². The van der Waals surface area contributed by atoms with Crippen LogP contribution < -0.4 is 16.4 Å². The van der Waals surface area contributed by atoms with Crippen molar-refractivity contribution in [2.24, 2.45) is 17.6 Å². The monoisotopic (exact) mass is 440 g/mol. The molecule has 1 fully saturated rings. The molecule has 0 aromatic heterocycles. The van der Waals surface area contributed by atoms with Crippen molar-refractivity contribution < 1.29 is 23.9 Å². The quantitative estimate of drug-likeness (QED) is 0.504. The molecule has 0 aliphatic carbocycles. The normalized spacial score (nSPS) is 20.4. The molecule has 1 saturated heterocycles. The second kappa shape index (κ2) is 11.3.